The van der Waals surface area contributed by atoms with Crippen LogP contribution in [0.3, 0.4) is 0 Å². The molecule has 0 saturated carbocycles. The maximum absolute atomic E-state index is 5.46. The van der Waals surface area contributed by atoms with Crippen LogP contribution in [-0.2, 0) is 0 Å². The largest absolute Gasteiger partial charge is 0.497 e. The van der Waals surface area contributed by atoms with Gasteiger partial charge in [-0.2, -0.15) is 14.9 Å². The minimum atomic E-state index is 0.417. The van der Waals surface area contributed by atoms with E-state index in [9.17, 15) is 0 Å². The zero-order chi connectivity index (χ0) is 18.4. The van der Waals surface area contributed by atoms with Gasteiger partial charge in [0.15, 0.2) is 5.82 Å². The number of aromatic nitrogens is 3. The van der Waals surface area contributed by atoms with Crippen LogP contribution in [-0.4, -0.2) is 34.8 Å². The number of aromatic amines is 1. The first-order chi connectivity index (χ1) is 12.7. The van der Waals surface area contributed by atoms with Gasteiger partial charge in [0.25, 0.3) is 0 Å². The second kappa shape index (κ2) is 8.30. The van der Waals surface area contributed by atoms with Crippen LogP contribution in [0.15, 0.2) is 53.6 Å². The van der Waals surface area contributed by atoms with E-state index in [1.54, 1.807) is 18.0 Å². The van der Waals surface area contributed by atoms with Crippen molar-refractivity contribution in [2.45, 2.75) is 6.92 Å². The first-order valence-electron chi connectivity index (χ1n) is 8.05. The van der Waals surface area contributed by atoms with Crippen molar-refractivity contribution in [2.75, 3.05) is 19.3 Å². The number of hydrazone groups is 1. The average Bonchev–Trinajstić information content (AvgIpc) is 3.04. The zero-order valence-corrected chi connectivity index (χ0v) is 15.3. The first-order valence-corrected chi connectivity index (χ1v) is 8.46. The summed E-state index contributed by atoms with van der Waals surface area (Å²) in [5.74, 6) is 2.23. The number of ether oxygens (including phenoxy) is 2. The van der Waals surface area contributed by atoms with Crippen LogP contribution in [0, 0.1) is 4.77 Å². The SMILES string of the molecule is CCOc1ccc(-c2n[nH]c(=S)n2N/N=C/c2ccc(OC)cc2)cc1. The Kier molecular flexibility index (Phi) is 5.65. The van der Waals surface area contributed by atoms with E-state index in [4.69, 9.17) is 21.7 Å². The second-order valence-corrected chi connectivity index (χ2v) is 5.66. The Labute approximate surface area is 156 Å². The summed E-state index contributed by atoms with van der Waals surface area (Å²) >= 11 is 5.27. The average molecular weight is 369 g/mol. The van der Waals surface area contributed by atoms with Crippen molar-refractivity contribution < 1.29 is 9.47 Å². The maximum atomic E-state index is 5.46. The van der Waals surface area contributed by atoms with Gasteiger partial charge in [-0.15, -0.1) is 0 Å². The highest BCUT2D eigenvalue weighted by Crippen LogP contribution is 2.20. The summed E-state index contributed by atoms with van der Waals surface area (Å²) in [5, 5.41) is 11.3. The molecular formula is C18H19N5O2S. The summed E-state index contributed by atoms with van der Waals surface area (Å²) in [6.45, 7) is 2.57. The van der Waals surface area contributed by atoms with Gasteiger partial charge in [0.1, 0.15) is 11.5 Å². The molecule has 0 bridgehead atoms. The molecule has 2 aromatic carbocycles. The monoisotopic (exact) mass is 369 g/mol. The summed E-state index contributed by atoms with van der Waals surface area (Å²) < 4.78 is 12.6. The van der Waals surface area contributed by atoms with Crippen LogP contribution in [0.1, 0.15) is 12.5 Å². The molecule has 3 rings (SSSR count). The molecule has 0 saturated heterocycles. The number of methoxy groups -OCH3 is 1. The number of hydrogen-bond donors (Lipinski definition) is 2. The van der Waals surface area contributed by atoms with Gasteiger partial charge in [-0.1, -0.05) is 0 Å². The number of rotatable bonds is 7. The van der Waals surface area contributed by atoms with Crippen molar-refractivity contribution in [3.8, 4) is 22.9 Å². The van der Waals surface area contributed by atoms with E-state index in [-0.39, 0.29) is 0 Å². The molecule has 0 amide bonds. The fourth-order valence-electron chi connectivity index (χ4n) is 2.30. The lowest BCUT2D eigenvalue weighted by atomic mass is 10.2. The van der Waals surface area contributed by atoms with Crippen molar-refractivity contribution in [1.82, 2.24) is 14.9 Å². The molecule has 1 aromatic heterocycles. The number of H-pyrrole nitrogens is 1. The highest BCUT2D eigenvalue weighted by molar-refractivity contribution is 7.71. The molecule has 7 nitrogen and oxygen atoms in total. The molecule has 0 radical (unpaired) electrons. The van der Waals surface area contributed by atoms with Crippen molar-refractivity contribution in [3.05, 3.63) is 58.9 Å². The topological polar surface area (TPSA) is 76.5 Å². The van der Waals surface area contributed by atoms with Gasteiger partial charge in [0.2, 0.25) is 4.77 Å². The number of nitrogens with one attached hydrogen (secondary N) is 2. The van der Waals surface area contributed by atoms with Crippen LogP contribution in [0.2, 0.25) is 0 Å². The second-order valence-electron chi connectivity index (χ2n) is 5.28. The Balaban J connectivity index is 1.77. The molecule has 2 N–H and O–H groups in total. The number of hydrogen-bond acceptors (Lipinski definition) is 6. The standard InChI is InChI=1S/C18H19N5O2S/c1-3-25-16-10-6-14(7-11-16)17-20-21-18(26)23(17)22-19-12-13-4-8-15(24-2)9-5-13/h4-12,22H,3H2,1-2H3,(H,21,26)/b19-12+. The fourth-order valence-corrected chi connectivity index (χ4v) is 2.47. The van der Waals surface area contributed by atoms with Crippen LogP contribution in [0.5, 0.6) is 11.5 Å². The van der Waals surface area contributed by atoms with Crippen molar-refractivity contribution in [3.63, 3.8) is 0 Å². The van der Waals surface area contributed by atoms with Gasteiger partial charge >= 0.3 is 0 Å². The molecule has 0 aliphatic rings. The molecule has 26 heavy (non-hydrogen) atoms. The van der Waals surface area contributed by atoms with Crippen molar-refractivity contribution >= 4 is 18.4 Å². The summed E-state index contributed by atoms with van der Waals surface area (Å²) in [5.41, 5.74) is 4.71. The van der Waals surface area contributed by atoms with Crippen LogP contribution in [0.4, 0.5) is 0 Å². The lowest BCUT2D eigenvalue weighted by Crippen LogP contribution is -2.10. The molecule has 134 valence electrons. The third-order valence-electron chi connectivity index (χ3n) is 3.58. The third kappa shape index (κ3) is 4.09. The number of nitrogens with zero attached hydrogens (tertiary/aromatic N) is 3. The highest BCUT2D eigenvalue weighted by Gasteiger charge is 2.08. The molecule has 1 heterocycles. The van der Waals surface area contributed by atoms with E-state index < -0.39 is 0 Å². The Morgan fingerprint density at radius 3 is 2.50 bits per heavy atom. The summed E-state index contributed by atoms with van der Waals surface area (Å²) in [6.07, 6.45) is 1.69. The van der Waals surface area contributed by atoms with E-state index in [1.165, 1.54) is 0 Å². The molecule has 0 aliphatic heterocycles. The summed E-state index contributed by atoms with van der Waals surface area (Å²) in [4.78, 5) is 0. The quantitative estimate of drug-likeness (QED) is 0.378. The summed E-state index contributed by atoms with van der Waals surface area (Å²) in [7, 11) is 1.63. The lowest BCUT2D eigenvalue weighted by molar-refractivity contribution is 0.340. The first kappa shape index (κ1) is 17.7. The van der Waals surface area contributed by atoms with E-state index in [0.717, 1.165) is 22.6 Å². The van der Waals surface area contributed by atoms with E-state index in [1.807, 2.05) is 55.5 Å². The lowest BCUT2D eigenvalue weighted by Gasteiger charge is -2.07. The van der Waals surface area contributed by atoms with Crippen molar-refractivity contribution in [2.24, 2.45) is 5.10 Å². The van der Waals surface area contributed by atoms with E-state index >= 15 is 0 Å². The third-order valence-corrected chi connectivity index (χ3v) is 3.86. The molecule has 8 heteroatoms. The van der Waals surface area contributed by atoms with Gasteiger partial charge in [-0.3, -0.25) is 0 Å². The predicted octanol–water partition coefficient (Wildman–Crippen LogP) is 3.59. The Hall–Kier alpha value is -3.13. The smallest absolute Gasteiger partial charge is 0.216 e. The molecule has 0 spiro atoms. The van der Waals surface area contributed by atoms with Crippen LogP contribution >= 0.6 is 12.2 Å². The van der Waals surface area contributed by atoms with E-state index in [2.05, 4.69) is 20.8 Å². The van der Waals surface area contributed by atoms with Gasteiger partial charge in [-0.25, -0.2) is 10.6 Å². The van der Waals surface area contributed by atoms with E-state index in [0.29, 0.717) is 17.2 Å². The highest BCUT2D eigenvalue weighted by atomic mass is 32.1. The fraction of sp³-hybridized carbons (Fsp3) is 0.167. The van der Waals surface area contributed by atoms with Gasteiger partial charge in [0.05, 0.1) is 19.9 Å². The summed E-state index contributed by atoms with van der Waals surface area (Å²) in [6, 6.07) is 15.2. The van der Waals surface area contributed by atoms with Gasteiger partial charge in [-0.05, 0) is 73.2 Å². The van der Waals surface area contributed by atoms with Crippen LogP contribution in [0.25, 0.3) is 11.4 Å². The maximum Gasteiger partial charge on any atom is 0.216 e. The van der Waals surface area contributed by atoms with Gasteiger partial charge < -0.3 is 9.47 Å². The van der Waals surface area contributed by atoms with Gasteiger partial charge in [0, 0.05) is 5.56 Å². The molecule has 0 fully saturated rings. The van der Waals surface area contributed by atoms with Crippen LogP contribution < -0.4 is 15.0 Å². The molecule has 0 atom stereocenters. The number of benzene rings is 2. The van der Waals surface area contributed by atoms with Crippen molar-refractivity contribution in [1.29, 1.82) is 0 Å². The normalized spacial score (nSPS) is 10.8. The minimum Gasteiger partial charge on any atom is -0.497 e. The Bertz CT molecular complexity index is 929. The Morgan fingerprint density at radius 1 is 1.15 bits per heavy atom. The zero-order valence-electron chi connectivity index (χ0n) is 14.5. The molecule has 0 aliphatic carbocycles. The Morgan fingerprint density at radius 2 is 1.85 bits per heavy atom. The molecule has 0 unspecified atom stereocenters. The predicted molar refractivity (Wildman–Crippen MR) is 104 cm³/mol. The molecular weight excluding hydrogens is 350 g/mol. The molecule has 3 aromatic rings. The minimum absolute atomic E-state index is 0.417.